The molecule has 1 aliphatic rings. The van der Waals surface area contributed by atoms with Crippen LogP contribution < -0.4 is 0 Å². The van der Waals surface area contributed by atoms with Gasteiger partial charge in [0.15, 0.2) is 0 Å². The van der Waals surface area contributed by atoms with Gasteiger partial charge in [-0.1, -0.05) is 39.0 Å². The highest BCUT2D eigenvalue weighted by molar-refractivity contribution is 5.96. The lowest BCUT2D eigenvalue weighted by atomic mass is 9.89. The molecule has 1 aromatic carbocycles. The summed E-state index contributed by atoms with van der Waals surface area (Å²) < 4.78 is 1.72. The Balaban J connectivity index is 1.96. The van der Waals surface area contributed by atoms with Crippen LogP contribution in [0.2, 0.25) is 0 Å². The van der Waals surface area contributed by atoms with Gasteiger partial charge in [0.1, 0.15) is 0 Å². The molecule has 0 radical (unpaired) electrons. The molecule has 0 unspecified atom stereocenters. The van der Waals surface area contributed by atoms with Crippen LogP contribution in [0.4, 0.5) is 0 Å². The molecule has 1 saturated heterocycles. The number of likely N-dealkylation sites (tertiary alicyclic amines) is 1. The molecule has 2 heterocycles. The predicted molar refractivity (Wildman–Crippen MR) is 93.9 cm³/mol. The number of para-hydroxylation sites is 1. The maximum Gasteiger partial charge on any atom is 0.308 e. The average Bonchev–Trinajstić information content (AvgIpc) is 3.22. The Morgan fingerprint density at radius 3 is 2.44 bits per heavy atom. The van der Waals surface area contributed by atoms with Gasteiger partial charge in [0.2, 0.25) is 0 Å². The van der Waals surface area contributed by atoms with Crippen molar-refractivity contribution in [2.24, 2.45) is 5.92 Å². The Morgan fingerprint density at radius 2 is 1.88 bits per heavy atom. The fraction of sp³-hybridized carbons (Fsp3) is 0.421. The second kappa shape index (κ2) is 6.35. The summed E-state index contributed by atoms with van der Waals surface area (Å²) in [5.74, 6) is -1.46. The Kier molecular flexibility index (Phi) is 4.37. The van der Waals surface area contributed by atoms with Crippen LogP contribution in [0.25, 0.3) is 5.69 Å². The van der Waals surface area contributed by atoms with Crippen molar-refractivity contribution in [3.63, 3.8) is 0 Å². The summed E-state index contributed by atoms with van der Waals surface area (Å²) in [4.78, 5) is 25.8. The summed E-state index contributed by atoms with van der Waals surface area (Å²) >= 11 is 0. The largest absolute Gasteiger partial charge is 0.481 e. The van der Waals surface area contributed by atoms with Crippen molar-refractivity contribution >= 4 is 11.9 Å². The van der Waals surface area contributed by atoms with Crippen LogP contribution in [0.15, 0.2) is 36.5 Å². The highest BCUT2D eigenvalue weighted by Gasteiger charge is 2.34. The maximum atomic E-state index is 13.0. The normalized spacial score (nSPS) is 17.7. The van der Waals surface area contributed by atoms with Crippen molar-refractivity contribution in [2.75, 3.05) is 13.1 Å². The number of rotatable bonds is 3. The van der Waals surface area contributed by atoms with E-state index in [2.05, 4.69) is 5.10 Å². The van der Waals surface area contributed by atoms with Gasteiger partial charge < -0.3 is 10.0 Å². The van der Waals surface area contributed by atoms with Crippen LogP contribution >= 0.6 is 0 Å². The zero-order valence-electron chi connectivity index (χ0n) is 14.8. The smallest absolute Gasteiger partial charge is 0.308 e. The van der Waals surface area contributed by atoms with E-state index in [1.54, 1.807) is 15.8 Å². The van der Waals surface area contributed by atoms with Crippen molar-refractivity contribution in [1.29, 1.82) is 0 Å². The molecule has 2 aromatic rings. The molecule has 6 heteroatoms. The first-order chi connectivity index (χ1) is 11.8. The van der Waals surface area contributed by atoms with Crippen molar-refractivity contribution in [3.05, 3.63) is 47.8 Å². The third-order valence-electron chi connectivity index (χ3n) is 4.50. The molecular formula is C19H23N3O3. The number of aromatic nitrogens is 2. The lowest BCUT2D eigenvalue weighted by Crippen LogP contribution is -2.31. The topological polar surface area (TPSA) is 75.4 Å². The number of benzene rings is 1. The minimum Gasteiger partial charge on any atom is -0.481 e. The zero-order chi connectivity index (χ0) is 18.2. The molecular weight excluding hydrogens is 318 g/mol. The Morgan fingerprint density at radius 1 is 1.20 bits per heavy atom. The number of amides is 1. The molecule has 6 nitrogen and oxygen atoms in total. The summed E-state index contributed by atoms with van der Waals surface area (Å²) in [5.41, 5.74) is 1.86. The Labute approximate surface area is 147 Å². The Bertz CT molecular complexity index is 790. The fourth-order valence-electron chi connectivity index (χ4n) is 3.11. The number of hydrogen-bond acceptors (Lipinski definition) is 3. The van der Waals surface area contributed by atoms with Crippen molar-refractivity contribution in [3.8, 4) is 5.69 Å². The van der Waals surface area contributed by atoms with Crippen LogP contribution in [-0.2, 0) is 10.2 Å². The maximum absolute atomic E-state index is 13.0. The summed E-state index contributed by atoms with van der Waals surface area (Å²) in [7, 11) is 0. The quantitative estimate of drug-likeness (QED) is 0.931. The summed E-state index contributed by atoms with van der Waals surface area (Å²) in [5, 5.41) is 13.8. The first kappa shape index (κ1) is 17.2. The number of carbonyl (C=O) groups is 2. The van der Waals surface area contributed by atoms with Gasteiger partial charge in [-0.15, -0.1) is 0 Å². The van der Waals surface area contributed by atoms with Crippen LogP contribution in [-0.4, -0.2) is 44.8 Å². The lowest BCUT2D eigenvalue weighted by Gasteiger charge is -2.20. The van der Waals surface area contributed by atoms with Crippen LogP contribution in [0, 0.1) is 5.92 Å². The number of carboxylic acid groups (broad SMARTS) is 1. The molecule has 0 aliphatic carbocycles. The molecule has 3 rings (SSSR count). The van der Waals surface area contributed by atoms with E-state index < -0.39 is 11.9 Å². The summed E-state index contributed by atoms with van der Waals surface area (Å²) in [6.07, 6.45) is 2.26. The molecule has 1 amide bonds. The minimum absolute atomic E-state index is 0.143. The van der Waals surface area contributed by atoms with Crippen LogP contribution in [0.3, 0.4) is 0 Å². The lowest BCUT2D eigenvalue weighted by molar-refractivity contribution is -0.141. The molecule has 1 atom stereocenters. The van der Waals surface area contributed by atoms with E-state index in [0.29, 0.717) is 18.5 Å². The van der Waals surface area contributed by atoms with Crippen LogP contribution in [0.5, 0.6) is 0 Å². The van der Waals surface area contributed by atoms with E-state index in [9.17, 15) is 9.59 Å². The van der Waals surface area contributed by atoms with E-state index in [1.807, 2.05) is 51.1 Å². The highest BCUT2D eigenvalue weighted by Crippen LogP contribution is 2.28. The van der Waals surface area contributed by atoms with E-state index in [-0.39, 0.29) is 17.9 Å². The van der Waals surface area contributed by atoms with E-state index in [4.69, 9.17) is 5.11 Å². The number of carboxylic acids is 1. The average molecular weight is 341 g/mol. The van der Waals surface area contributed by atoms with E-state index in [1.165, 1.54) is 0 Å². The van der Waals surface area contributed by atoms with Gasteiger partial charge >= 0.3 is 5.97 Å². The monoisotopic (exact) mass is 341 g/mol. The van der Waals surface area contributed by atoms with Crippen molar-refractivity contribution < 1.29 is 14.7 Å². The van der Waals surface area contributed by atoms with Gasteiger partial charge in [-0.2, -0.15) is 5.10 Å². The van der Waals surface area contributed by atoms with Crippen LogP contribution in [0.1, 0.15) is 43.2 Å². The molecule has 25 heavy (non-hydrogen) atoms. The summed E-state index contributed by atoms with van der Waals surface area (Å²) in [6.45, 7) is 6.78. The van der Waals surface area contributed by atoms with E-state index in [0.717, 1.165) is 11.4 Å². The van der Waals surface area contributed by atoms with Gasteiger partial charge in [-0.05, 0) is 18.6 Å². The number of carbonyl (C=O) groups excluding carboxylic acids is 1. The second-order valence-electron chi connectivity index (χ2n) is 7.50. The minimum atomic E-state index is -0.841. The summed E-state index contributed by atoms with van der Waals surface area (Å²) in [6, 6.07) is 9.65. The number of aliphatic carboxylic acids is 1. The van der Waals surface area contributed by atoms with Crippen molar-refractivity contribution in [1.82, 2.24) is 14.7 Å². The van der Waals surface area contributed by atoms with Gasteiger partial charge in [0.05, 0.1) is 22.9 Å². The Hall–Kier alpha value is -2.63. The third-order valence-corrected chi connectivity index (χ3v) is 4.50. The molecule has 0 bridgehead atoms. The molecule has 1 aromatic heterocycles. The molecule has 0 saturated carbocycles. The van der Waals surface area contributed by atoms with Gasteiger partial charge in [0.25, 0.3) is 5.91 Å². The van der Waals surface area contributed by atoms with Gasteiger partial charge in [0, 0.05) is 24.7 Å². The molecule has 1 N–H and O–H groups in total. The van der Waals surface area contributed by atoms with Crippen molar-refractivity contribution in [2.45, 2.75) is 32.6 Å². The number of hydrogen-bond donors (Lipinski definition) is 1. The van der Waals surface area contributed by atoms with Gasteiger partial charge in [-0.25, -0.2) is 4.68 Å². The predicted octanol–water partition coefficient (Wildman–Crippen LogP) is 2.72. The third kappa shape index (κ3) is 3.43. The molecule has 1 aliphatic heterocycles. The first-order valence-electron chi connectivity index (χ1n) is 8.45. The SMILES string of the molecule is CC(C)(C)c1nn(-c2ccccc2)cc1C(=O)N1CC[C@@H](C(=O)O)C1. The molecule has 1 fully saturated rings. The standard InChI is InChI=1S/C19H23N3O3/c1-19(2,3)16-15(12-22(20-16)14-7-5-4-6-8-14)17(23)21-10-9-13(11-21)18(24)25/h4-8,12-13H,9-11H2,1-3H3,(H,24,25)/t13-/m1/s1. The fourth-order valence-corrected chi connectivity index (χ4v) is 3.11. The van der Waals surface area contributed by atoms with Gasteiger partial charge in [-0.3, -0.25) is 9.59 Å². The molecule has 0 spiro atoms. The number of nitrogens with zero attached hydrogens (tertiary/aromatic N) is 3. The highest BCUT2D eigenvalue weighted by atomic mass is 16.4. The van der Waals surface area contributed by atoms with E-state index >= 15 is 0 Å². The first-order valence-corrected chi connectivity index (χ1v) is 8.45. The second-order valence-corrected chi connectivity index (χ2v) is 7.50. The zero-order valence-corrected chi connectivity index (χ0v) is 14.8. The molecule has 132 valence electrons.